The number of thiophene rings is 1. The molecule has 0 aromatic carbocycles. The van der Waals surface area contributed by atoms with Gasteiger partial charge in [-0.3, -0.25) is 4.98 Å². The molecule has 20 heavy (non-hydrogen) atoms. The van der Waals surface area contributed by atoms with Crippen LogP contribution >= 0.6 is 22.7 Å². The quantitative estimate of drug-likeness (QED) is 0.676. The van der Waals surface area contributed by atoms with Gasteiger partial charge in [0.2, 0.25) is 0 Å². The van der Waals surface area contributed by atoms with E-state index in [1.807, 2.05) is 35.0 Å². The first-order valence-corrected chi connectivity index (χ1v) is 7.70. The second kappa shape index (κ2) is 5.78. The zero-order valence-corrected chi connectivity index (χ0v) is 12.0. The molecule has 0 amide bonds. The maximum atomic E-state index is 9.25. The number of thiazole rings is 1. The molecule has 96 valence electrons. The van der Waals surface area contributed by atoms with E-state index in [9.17, 15) is 5.26 Å². The summed E-state index contributed by atoms with van der Waals surface area (Å²) in [6.07, 6.45) is 3.45. The zero-order valence-electron chi connectivity index (χ0n) is 10.4. The first-order valence-electron chi connectivity index (χ1n) is 5.88. The number of nitriles is 1. The second-order valence-corrected chi connectivity index (χ2v) is 5.61. The molecular weight excluding hydrogens is 286 g/mol. The molecular formula is C15H9N3S2. The molecule has 3 rings (SSSR count). The van der Waals surface area contributed by atoms with Crippen LogP contribution in [-0.2, 0) is 0 Å². The van der Waals surface area contributed by atoms with E-state index >= 15 is 0 Å². The molecule has 5 heteroatoms. The fourth-order valence-electron chi connectivity index (χ4n) is 1.70. The Kier molecular flexibility index (Phi) is 3.68. The summed E-state index contributed by atoms with van der Waals surface area (Å²) in [6.45, 7) is 0. The Hall–Kier alpha value is -2.29. The average Bonchev–Trinajstić information content (AvgIpc) is 3.16. The van der Waals surface area contributed by atoms with Crippen molar-refractivity contribution in [2.75, 3.05) is 0 Å². The topological polar surface area (TPSA) is 49.6 Å². The first-order chi connectivity index (χ1) is 9.86. The number of rotatable bonds is 3. The van der Waals surface area contributed by atoms with Gasteiger partial charge in [-0.25, -0.2) is 4.98 Å². The number of hydrogen-bond donors (Lipinski definition) is 0. The van der Waals surface area contributed by atoms with Gasteiger partial charge in [-0.2, -0.15) is 16.6 Å². The van der Waals surface area contributed by atoms with E-state index in [0.717, 1.165) is 16.3 Å². The van der Waals surface area contributed by atoms with Crippen LogP contribution in [0, 0.1) is 11.3 Å². The summed E-state index contributed by atoms with van der Waals surface area (Å²) in [5, 5.41) is 16.3. The molecule has 0 saturated heterocycles. The Morgan fingerprint density at radius 3 is 2.90 bits per heavy atom. The molecule has 0 bridgehead atoms. The summed E-state index contributed by atoms with van der Waals surface area (Å²) >= 11 is 3.22. The van der Waals surface area contributed by atoms with Crippen molar-refractivity contribution in [1.29, 1.82) is 5.26 Å². The van der Waals surface area contributed by atoms with Crippen molar-refractivity contribution in [3.63, 3.8) is 0 Å². The van der Waals surface area contributed by atoms with Crippen LogP contribution in [0.3, 0.4) is 0 Å². The van der Waals surface area contributed by atoms with Crippen LogP contribution in [0.25, 0.3) is 22.2 Å². The minimum Gasteiger partial charge on any atom is -0.256 e. The third kappa shape index (κ3) is 2.67. The van der Waals surface area contributed by atoms with E-state index < -0.39 is 0 Å². The minimum absolute atomic E-state index is 0.521. The fraction of sp³-hybridized carbons (Fsp3) is 0. The van der Waals surface area contributed by atoms with Crippen LogP contribution in [0.15, 0.2) is 46.6 Å². The molecule has 0 saturated carbocycles. The van der Waals surface area contributed by atoms with E-state index in [2.05, 4.69) is 21.4 Å². The predicted octanol–water partition coefficient (Wildman–Crippen LogP) is 4.33. The van der Waals surface area contributed by atoms with Gasteiger partial charge in [0, 0.05) is 22.5 Å². The van der Waals surface area contributed by atoms with Crippen molar-refractivity contribution in [2.24, 2.45) is 0 Å². The Morgan fingerprint density at radius 1 is 1.25 bits per heavy atom. The summed E-state index contributed by atoms with van der Waals surface area (Å²) in [6, 6.07) is 9.74. The lowest BCUT2D eigenvalue weighted by Crippen LogP contribution is -1.86. The summed E-state index contributed by atoms with van der Waals surface area (Å²) in [5.74, 6) is 0. The van der Waals surface area contributed by atoms with Crippen LogP contribution in [0.4, 0.5) is 0 Å². The van der Waals surface area contributed by atoms with Crippen LogP contribution in [0.5, 0.6) is 0 Å². The molecule has 0 aliphatic rings. The standard InChI is InChI=1S/C15H9N3S2/c16-8-12(14-3-1-2-5-17-14)7-13-10-20-15(18-13)11-4-6-19-9-11/h1-7,9-10H/b12-7-. The van der Waals surface area contributed by atoms with Crippen molar-refractivity contribution in [3.8, 4) is 16.6 Å². The Morgan fingerprint density at radius 2 is 2.20 bits per heavy atom. The fourth-order valence-corrected chi connectivity index (χ4v) is 3.19. The van der Waals surface area contributed by atoms with Gasteiger partial charge < -0.3 is 0 Å². The normalized spacial score (nSPS) is 11.2. The lowest BCUT2D eigenvalue weighted by Gasteiger charge is -1.95. The molecule has 3 heterocycles. The van der Waals surface area contributed by atoms with Crippen molar-refractivity contribution in [3.05, 3.63) is 58.0 Å². The highest BCUT2D eigenvalue weighted by Crippen LogP contribution is 2.27. The third-order valence-electron chi connectivity index (χ3n) is 2.64. The van der Waals surface area contributed by atoms with Gasteiger partial charge in [0.1, 0.15) is 11.1 Å². The molecule has 0 aliphatic heterocycles. The largest absolute Gasteiger partial charge is 0.256 e. The van der Waals surface area contributed by atoms with Crippen LogP contribution in [0.1, 0.15) is 11.4 Å². The Labute approximate surface area is 124 Å². The number of hydrogen-bond acceptors (Lipinski definition) is 5. The lowest BCUT2D eigenvalue weighted by atomic mass is 10.1. The van der Waals surface area contributed by atoms with Crippen molar-refractivity contribution in [1.82, 2.24) is 9.97 Å². The summed E-state index contributed by atoms with van der Waals surface area (Å²) in [7, 11) is 0. The highest BCUT2D eigenvalue weighted by Gasteiger charge is 2.06. The molecule has 3 nitrogen and oxygen atoms in total. The minimum atomic E-state index is 0.521. The number of nitrogens with zero attached hydrogens (tertiary/aromatic N) is 3. The molecule has 0 unspecified atom stereocenters. The molecule has 3 aromatic heterocycles. The molecule has 0 spiro atoms. The van der Waals surface area contributed by atoms with Gasteiger partial charge in [-0.05, 0) is 29.7 Å². The highest BCUT2D eigenvalue weighted by molar-refractivity contribution is 7.14. The summed E-state index contributed by atoms with van der Waals surface area (Å²) < 4.78 is 0. The third-order valence-corrected chi connectivity index (χ3v) is 4.24. The van der Waals surface area contributed by atoms with Gasteiger partial charge in [0.15, 0.2) is 0 Å². The van der Waals surface area contributed by atoms with Crippen molar-refractivity contribution in [2.45, 2.75) is 0 Å². The predicted molar refractivity (Wildman–Crippen MR) is 83.1 cm³/mol. The molecule has 3 aromatic rings. The molecule has 0 fully saturated rings. The van der Waals surface area contributed by atoms with E-state index in [0.29, 0.717) is 11.3 Å². The maximum Gasteiger partial charge on any atom is 0.124 e. The van der Waals surface area contributed by atoms with Gasteiger partial charge in [0.25, 0.3) is 0 Å². The number of pyridine rings is 1. The number of allylic oxidation sites excluding steroid dienone is 1. The van der Waals surface area contributed by atoms with Crippen LogP contribution in [0.2, 0.25) is 0 Å². The smallest absolute Gasteiger partial charge is 0.124 e. The van der Waals surface area contributed by atoms with Crippen LogP contribution in [-0.4, -0.2) is 9.97 Å². The number of aromatic nitrogens is 2. The Balaban J connectivity index is 1.94. The monoisotopic (exact) mass is 295 g/mol. The first kappa shape index (κ1) is 12.7. The van der Waals surface area contributed by atoms with Gasteiger partial charge in [-0.1, -0.05) is 6.07 Å². The summed E-state index contributed by atoms with van der Waals surface area (Å²) in [4.78, 5) is 8.73. The molecule has 0 radical (unpaired) electrons. The second-order valence-electron chi connectivity index (χ2n) is 3.97. The van der Waals surface area contributed by atoms with E-state index in [1.165, 1.54) is 0 Å². The van der Waals surface area contributed by atoms with Crippen molar-refractivity contribution >= 4 is 34.3 Å². The van der Waals surface area contributed by atoms with Gasteiger partial charge in [0.05, 0.1) is 17.0 Å². The average molecular weight is 295 g/mol. The summed E-state index contributed by atoms with van der Waals surface area (Å²) in [5.41, 5.74) is 3.10. The van der Waals surface area contributed by atoms with E-state index in [4.69, 9.17) is 0 Å². The molecule has 0 N–H and O–H groups in total. The SMILES string of the molecule is N#C/C(=C/c1csc(-c2ccsc2)n1)c1ccccn1. The van der Waals surface area contributed by atoms with Crippen LogP contribution < -0.4 is 0 Å². The van der Waals surface area contributed by atoms with Gasteiger partial charge >= 0.3 is 0 Å². The lowest BCUT2D eigenvalue weighted by molar-refractivity contribution is 1.28. The van der Waals surface area contributed by atoms with Crippen molar-refractivity contribution < 1.29 is 0 Å². The van der Waals surface area contributed by atoms with E-state index in [1.54, 1.807) is 34.9 Å². The maximum absolute atomic E-state index is 9.25. The molecule has 0 atom stereocenters. The Bertz CT molecular complexity index is 765. The van der Waals surface area contributed by atoms with Gasteiger partial charge in [-0.15, -0.1) is 11.3 Å². The van der Waals surface area contributed by atoms with E-state index in [-0.39, 0.29) is 0 Å². The zero-order chi connectivity index (χ0) is 13.8. The highest BCUT2D eigenvalue weighted by atomic mass is 32.1. The molecule has 0 aliphatic carbocycles.